The minimum absolute atomic E-state index is 0.0920. The molecule has 340 valence electrons. The lowest BCUT2D eigenvalue weighted by atomic mass is 9.91. The van der Waals surface area contributed by atoms with Crippen LogP contribution in [0.2, 0.25) is 0 Å². The van der Waals surface area contributed by atoms with Crippen molar-refractivity contribution in [1.29, 1.82) is 0 Å². The number of amides is 4. The number of hydrogen-bond donors (Lipinski definition) is 3. The number of anilines is 4. The van der Waals surface area contributed by atoms with Gasteiger partial charge in [0, 0.05) is 55.2 Å². The Labute approximate surface area is 380 Å². The number of fused-ring (bicyclic) bond motifs is 2. The van der Waals surface area contributed by atoms with Crippen molar-refractivity contribution in [2.24, 2.45) is 0 Å². The minimum Gasteiger partial charge on any atom is -0.495 e. The quantitative estimate of drug-likeness (QED) is 0.0719. The van der Waals surface area contributed by atoms with E-state index in [1.54, 1.807) is 29.2 Å². The number of carbonyl (C=O) groups excluding carboxylic acids is 4. The molecule has 5 heterocycles. The van der Waals surface area contributed by atoms with Crippen molar-refractivity contribution in [3.05, 3.63) is 65.5 Å². The zero-order valence-corrected chi connectivity index (χ0v) is 37.6. The third-order valence-electron chi connectivity index (χ3n) is 13.9. The largest absolute Gasteiger partial charge is 0.495 e. The number of hydrogen-bond acceptors (Lipinski definition) is 12. The molecule has 2 atom stereocenters. The predicted molar refractivity (Wildman–Crippen MR) is 247 cm³/mol. The molecule has 5 aliphatic rings. The first kappa shape index (κ1) is 43.9. The van der Waals surface area contributed by atoms with Crippen molar-refractivity contribution in [3.63, 3.8) is 0 Å². The van der Waals surface area contributed by atoms with E-state index in [-0.39, 0.29) is 30.2 Å². The van der Waals surface area contributed by atoms with Crippen LogP contribution in [0.25, 0.3) is 11.3 Å². The van der Waals surface area contributed by atoms with Crippen LogP contribution in [-0.4, -0.2) is 98.4 Å². The number of benzene rings is 2. The van der Waals surface area contributed by atoms with Crippen LogP contribution in [0.4, 0.5) is 23.1 Å². The van der Waals surface area contributed by atoms with Gasteiger partial charge in [-0.15, -0.1) is 5.10 Å². The molecule has 2 aromatic heterocycles. The SMILES string of the molecule is CC[C@@H]1C(=O)N(C)c2cnc(Nc3ccc(-c4cn([C@H]5CC[C@@H](NCCCCCC#Cc6ccc7c(c6)CN(C6CCC(=O)NC6=O)C7=O)CC5)nn4)cc3OC)nc2N1C1CCCC1. The number of rotatable bonds is 14. The molecule has 3 aliphatic heterocycles. The van der Waals surface area contributed by atoms with Gasteiger partial charge in [-0.3, -0.25) is 24.5 Å². The van der Waals surface area contributed by atoms with Gasteiger partial charge in [0.2, 0.25) is 23.7 Å². The second-order valence-electron chi connectivity index (χ2n) is 18.0. The molecule has 1 unspecified atom stereocenters. The number of nitrogens with one attached hydrogen (secondary N) is 3. The summed E-state index contributed by atoms with van der Waals surface area (Å²) in [5, 5.41) is 18.6. The first-order valence-corrected chi connectivity index (χ1v) is 23.5. The summed E-state index contributed by atoms with van der Waals surface area (Å²) >= 11 is 0. The van der Waals surface area contributed by atoms with Gasteiger partial charge in [0.05, 0.1) is 31.2 Å². The molecule has 4 amide bonds. The standard InChI is InChI=1S/C49H59N11O5/c1-4-40-48(64)57(2)42-28-51-49(54-45(42)60(40)36-13-9-10-14-36)52-38-22-16-32(27-43(38)65-3)39-30-59(56-55-39)35-19-17-34(18-20-35)50-25-11-7-5-6-8-12-31-15-21-37-33(26-31)29-58(47(37)63)41-23-24-44(61)53-46(41)62/h15-16,21-22,26-28,30,34-36,40-41,50H,4-7,9-11,13-14,17-20,23-25,29H2,1-3H3,(H,51,52,54)(H,53,61,62)/t34-,35+,40-,41?/m1/s1. The van der Waals surface area contributed by atoms with Gasteiger partial charge < -0.3 is 30.1 Å². The Morgan fingerprint density at radius 2 is 1.77 bits per heavy atom. The molecule has 0 radical (unpaired) electrons. The molecule has 65 heavy (non-hydrogen) atoms. The van der Waals surface area contributed by atoms with E-state index < -0.39 is 11.9 Å². The number of ether oxygens (including phenoxy) is 1. The van der Waals surface area contributed by atoms with Crippen LogP contribution in [0.15, 0.2) is 48.8 Å². The smallest absolute Gasteiger partial charge is 0.255 e. The Morgan fingerprint density at radius 3 is 2.55 bits per heavy atom. The van der Waals surface area contributed by atoms with Gasteiger partial charge in [-0.2, -0.15) is 4.98 Å². The summed E-state index contributed by atoms with van der Waals surface area (Å²) in [5.41, 5.74) is 5.51. The fraction of sp³-hybridized carbons (Fsp3) is 0.510. The van der Waals surface area contributed by atoms with Crippen molar-refractivity contribution in [3.8, 4) is 28.8 Å². The van der Waals surface area contributed by atoms with Crippen LogP contribution >= 0.6 is 0 Å². The Balaban J connectivity index is 0.713. The Hall–Kier alpha value is -6.34. The van der Waals surface area contributed by atoms with E-state index in [4.69, 9.17) is 9.72 Å². The summed E-state index contributed by atoms with van der Waals surface area (Å²) in [7, 11) is 3.46. The van der Waals surface area contributed by atoms with Crippen LogP contribution in [-0.2, 0) is 20.9 Å². The predicted octanol–water partition coefficient (Wildman–Crippen LogP) is 6.44. The molecule has 0 spiro atoms. The highest BCUT2D eigenvalue weighted by Crippen LogP contribution is 2.41. The maximum atomic E-state index is 13.3. The van der Waals surface area contributed by atoms with Gasteiger partial charge in [-0.05, 0) is 107 Å². The number of imide groups is 1. The van der Waals surface area contributed by atoms with Crippen molar-refractivity contribution in [2.75, 3.05) is 35.8 Å². The lowest BCUT2D eigenvalue weighted by Gasteiger charge is -2.43. The minimum atomic E-state index is -0.613. The van der Waals surface area contributed by atoms with Gasteiger partial charge in [0.15, 0.2) is 5.82 Å². The number of aromatic nitrogens is 5. The van der Waals surface area contributed by atoms with E-state index in [0.717, 1.165) is 130 Å². The molecule has 3 N–H and O–H groups in total. The number of unbranched alkanes of at least 4 members (excludes halogenated alkanes) is 3. The monoisotopic (exact) mass is 881 g/mol. The fourth-order valence-electron chi connectivity index (χ4n) is 10.3. The molecule has 2 saturated carbocycles. The maximum Gasteiger partial charge on any atom is 0.255 e. The van der Waals surface area contributed by atoms with E-state index >= 15 is 0 Å². The van der Waals surface area contributed by atoms with Crippen LogP contribution < -0.4 is 30.5 Å². The van der Waals surface area contributed by atoms with Crippen molar-refractivity contribution >= 4 is 46.8 Å². The first-order valence-electron chi connectivity index (χ1n) is 23.5. The maximum absolute atomic E-state index is 13.3. The second kappa shape index (κ2) is 19.4. The van der Waals surface area contributed by atoms with Crippen LogP contribution in [0.5, 0.6) is 5.75 Å². The highest BCUT2D eigenvalue weighted by Gasteiger charge is 2.42. The lowest BCUT2D eigenvalue weighted by Crippen LogP contribution is -2.55. The van der Waals surface area contributed by atoms with Crippen molar-refractivity contribution in [1.82, 2.24) is 40.5 Å². The molecule has 0 bridgehead atoms. The number of piperidine rings is 1. The summed E-state index contributed by atoms with van der Waals surface area (Å²) in [6.45, 7) is 3.41. The molecule has 1 saturated heterocycles. The number of likely N-dealkylation sites (N-methyl/N-ethyl adjacent to an activating group) is 1. The topological polar surface area (TPSA) is 180 Å². The molecule has 16 heteroatoms. The summed E-state index contributed by atoms with van der Waals surface area (Å²) < 4.78 is 7.86. The Bertz CT molecular complexity index is 2500. The zero-order valence-electron chi connectivity index (χ0n) is 37.6. The summed E-state index contributed by atoms with van der Waals surface area (Å²) in [6.07, 6.45) is 17.8. The molecule has 3 fully saturated rings. The van der Waals surface area contributed by atoms with Crippen LogP contribution in [0.1, 0.15) is 131 Å². The Morgan fingerprint density at radius 1 is 0.938 bits per heavy atom. The van der Waals surface area contributed by atoms with E-state index in [0.29, 0.717) is 48.4 Å². The zero-order chi connectivity index (χ0) is 45.0. The Kier molecular flexibility index (Phi) is 13.1. The molecule has 4 aromatic rings. The van der Waals surface area contributed by atoms with Crippen LogP contribution in [0.3, 0.4) is 0 Å². The van der Waals surface area contributed by atoms with Gasteiger partial charge in [0.1, 0.15) is 29.2 Å². The average molecular weight is 882 g/mol. The van der Waals surface area contributed by atoms with Gasteiger partial charge in [0.25, 0.3) is 5.91 Å². The summed E-state index contributed by atoms with van der Waals surface area (Å²) in [6, 6.07) is 11.8. The third-order valence-corrected chi connectivity index (χ3v) is 13.9. The van der Waals surface area contributed by atoms with Gasteiger partial charge >= 0.3 is 0 Å². The first-order chi connectivity index (χ1) is 31.7. The van der Waals surface area contributed by atoms with Gasteiger partial charge in [-0.1, -0.05) is 49.3 Å². The molecule has 2 aromatic carbocycles. The lowest BCUT2D eigenvalue weighted by molar-refractivity contribution is -0.137. The number of methoxy groups -OCH3 is 1. The van der Waals surface area contributed by atoms with E-state index in [9.17, 15) is 19.2 Å². The van der Waals surface area contributed by atoms with E-state index in [2.05, 4.69) is 54.9 Å². The molecular weight excluding hydrogens is 823 g/mol. The molecular formula is C49H59N11O5. The van der Waals surface area contributed by atoms with E-state index in [1.165, 1.54) is 0 Å². The normalized spacial score (nSPS) is 22.1. The van der Waals surface area contributed by atoms with E-state index in [1.807, 2.05) is 48.3 Å². The van der Waals surface area contributed by atoms with Crippen molar-refractivity contribution < 1.29 is 23.9 Å². The highest BCUT2D eigenvalue weighted by molar-refractivity contribution is 6.06. The second-order valence-corrected chi connectivity index (χ2v) is 18.0. The number of nitrogens with zero attached hydrogens (tertiary/aromatic N) is 8. The summed E-state index contributed by atoms with van der Waals surface area (Å²) in [4.78, 5) is 65.3. The fourth-order valence-corrected chi connectivity index (χ4v) is 10.3. The number of carbonyl (C=O) groups is 4. The molecule has 9 rings (SSSR count). The highest BCUT2D eigenvalue weighted by atomic mass is 16.5. The van der Waals surface area contributed by atoms with Gasteiger partial charge in [-0.25, -0.2) is 9.67 Å². The van der Waals surface area contributed by atoms with Crippen molar-refractivity contribution in [2.45, 2.75) is 140 Å². The average Bonchev–Trinajstić information content (AvgIpc) is 4.11. The molecule has 2 aliphatic carbocycles. The molecule has 16 nitrogen and oxygen atoms in total. The summed E-state index contributed by atoms with van der Waals surface area (Å²) in [5.74, 6) is 7.67. The van der Waals surface area contributed by atoms with Crippen LogP contribution in [0, 0.1) is 11.8 Å². The third kappa shape index (κ3) is 9.29.